The van der Waals surface area contributed by atoms with Crippen molar-refractivity contribution in [3.8, 4) is 11.3 Å². The number of halogens is 1. The lowest BCUT2D eigenvalue weighted by Gasteiger charge is -2.17. The molecule has 7 heteroatoms. The van der Waals surface area contributed by atoms with Crippen LogP contribution in [-0.4, -0.2) is 23.3 Å². The molecule has 0 atom stereocenters. The Morgan fingerprint density at radius 2 is 2.07 bits per heavy atom. The van der Waals surface area contributed by atoms with E-state index in [9.17, 15) is 9.59 Å². The first-order chi connectivity index (χ1) is 14.5. The number of rotatable bonds is 5. The maximum atomic E-state index is 12.5. The highest BCUT2D eigenvalue weighted by Crippen LogP contribution is 2.36. The average Bonchev–Trinajstić information content (AvgIpc) is 3.30. The molecule has 1 aliphatic rings. The first kappa shape index (κ1) is 20.6. The van der Waals surface area contributed by atoms with Crippen molar-refractivity contribution in [2.24, 2.45) is 0 Å². The van der Waals surface area contributed by atoms with E-state index in [0.29, 0.717) is 22.1 Å². The number of nitrogens with zero attached hydrogens (tertiary/aromatic N) is 2. The topological polar surface area (TPSA) is 62.3 Å². The fraction of sp³-hybridized carbons (Fsp3) is 0.261. The standard InChI is InChI=1S/C23H22ClN3O2S/c1-3-5-20(28)27-11-10-15-12-16(8-9-19(15)27)21-14(2)30-23(25-21)26-22(29)17-6-4-7-18(24)13-17/h4,6-9,12-13H,3,5,10-11H2,1-2H3,(H,25,26,29). The van der Waals surface area contributed by atoms with E-state index in [-0.39, 0.29) is 11.8 Å². The minimum Gasteiger partial charge on any atom is -0.312 e. The zero-order valence-electron chi connectivity index (χ0n) is 16.9. The van der Waals surface area contributed by atoms with E-state index in [0.717, 1.165) is 46.8 Å². The van der Waals surface area contributed by atoms with Crippen LogP contribution >= 0.6 is 22.9 Å². The monoisotopic (exact) mass is 439 g/mol. The number of anilines is 2. The van der Waals surface area contributed by atoms with E-state index in [4.69, 9.17) is 11.6 Å². The molecule has 3 aromatic rings. The molecule has 1 aromatic heterocycles. The molecule has 1 aliphatic heterocycles. The summed E-state index contributed by atoms with van der Waals surface area (Å²) in [4.78, 5) is 32.4. The molecule has 0 spiro atoms. The Kier molecular flexibility index (Phi) is 5.88. The highest BCUT2D eigenvalue weighted by atomic mass is 35.5. The molecular formula is C23H22ClN3O2S. The molecule has 0 saturated carbocycles. The van der Waals surface area contributed by atoms with E-state index in [1.807, 2.05) is 30.9 Å². The molecule has 0 unspecified atom stereocenters. The molecule has 2 heterocycles. The van der Waals surface area contributed by atoms with Crippen LogP contribution in [-0.2, 0) is 11.2 Å². The summed E-state index contributed by atoms with van der Waals surface area (Å²) >= 11 is 7.42. The van der Waals surface area contributed by atoms with Gasteiger partial charge in [0.1, 0.15) is 0 Å². The summed E-state index contributed by atoms with van der Waals surface area (Å²) in [6, 6.07) is 12.9. The number of nitrogens with one attached hydrogen (secondary N) is 1. The molecule has 1 N–H and O–H groups in total. The second kappa shape index (κ2) is 8.58. The molecule has 5 nitrogen and oxygen atoms in total. The van der Waals surface area contributed by atoms with Crippen LogP contribution in [0, 0.1) is 6.92 Å². The fourth-order valence-corrected chi connectivity index (χ4v) is 4.69. The van der Waals surface area contributed by atoms with Gasteiger partial charge in [-0.05, 0) is 55.7 Å². The third-order valence-electron chi connectivity index (χ3n) is 5.12. The number of aryl methyl sites for hydroxylation is 1. The molecule has 2 aromatic carbocycles. The van der Waals surface area contributed by atoms with Crippen LogP contribution in [0.1, 0.15) is 40.6 Å². The Morgan fingerprint density at radius 3 is 2.83 bits per heavy atom. The lowest BCUT2D eigenvalue weighted by atomic mass is 10.1. The van der Waals surface area contributed by atoms with Crippen LogP contribution in [0.5, 0.6) is 0 Å². The number of carbonyl (C=O) groups excluding carboxylic acids is 2. The smallest absolute Gasteiger partial charge is 0.257 e. The molecule has 0 bridgehead atoms. The molecule has 0 saturated heterocycles. The summed E-state index contributed by atoms with van der Waals surface area (Å²) in [5, 5.41) is 3.93. The fourth-order valence-electron chi connectivity index (χ4n) is 3.67. The van der Waals surface area contributed by atoms with E-state index in [1.54, 1.807) is 24.3 Å². The second-order valence-corrected chi connectivity index (χ2v) is 8.92. The first-order valence-corrected chi connectivity index (χ1v) is 11.1. The van der Waals surface area contributed by atoms with Gasteiger partial charge in [-0.15, -0.1) is 11.3 Å². The quantitative estimate of drug-likeness (QED) is 0.553. The van der Waals surface area contributed by atoms with Gasteiger partial charge in [-0.25, -0.2) is 4.98 Å². The lowest BCUT2D eigenvalue weighted by molar-refractivity contribution is -0.118. The number of amides is 2. The maximum absolute atomic E-state index is 12.5. The molecule has 154 valence electrons. The van der Waals surface area contributed by atoms with Crippen molar-refractivity contribution in [1.29, 1.82) is 0 Å². The summed E-state index contributed by atoms with van der Waals surface area (Å²) in [6.07, 6.45) is 2.27. The summed E-state index contributed by atoms with van der Waals surface area (Å²) in [5.41, 5.74) is 4.50. The molecule has 4 rings (SSSR count). The van der Waals surface area contributed by atoms with Crippen LogP contribution in [0.3, 0.4) is 0 Å². The predicted octanol–water partition coefficient (Wildman–Crippen LogP) is 5.71. The molecule has 30 heavy (non-hydrogen) atoms. The zero-order valence-corrected chi connectivity index (χ0v) is 18.4. The van der Waals surface area contributed by atoms with E-state index in [1.165, 1.54) is 11.3 Å². The summed E-state index contributed by atoms with van der Waals surface area (Å²) < 4.78 is 0. The van der Waals surface area contributed by atoms with Gasteiger partial charge in [0.15, 0.2) is 5.13 Å². The largest absolute Gasteiger partial charge is 0.312 e. The van der Waals surface area contributed by atoms with Crippen molar-refractivity contribution in [3.05, 3.63) is 63.5 Å². The Morgan fingerprint density at radius 1 is 1.23 bits per heavy atom. The zero-order chi connectivity index (χ0) is 21.3. The molecule has 0 radical (unpaired) electrons. The van der Waals surface area contributed by atoms with Gasteiger partial charge in [0, 0.05) is 39.7 Å². The number of thiazole rings is 1. The number of hydrogen-bond donors (Lipinski definition) is 1. The molecular weight excluding hydrogens is 418 g/mol. The van der Waals surface area contributed by atoms with Gasteiger partial charge >= 0.3 is 0 Å². The van der Waals surface area contributed by atoms with Gasteiger partial charge in [0.05, 0.1) is 5.69 Å². The van der Waals surface area contributed by atoms with Crippen molar-refractivity contribution in [2.45, 2.75) is 33.1 Å². The van der Waals surface area contributed by atoms with Crippen LogP contribution in [0.15, 0.2) is 42.5 Å². The van der Waals surface area contributed by atoms with Crippen molar-refractivity contribution in [3.63, 3.8) is 0 Å². The molecule has 0 aliphatic carbocycles. The minimum atomic E-state index is -0.239. The summed E-state index contributed by atoms with van der Waals surface area (Å²) in [6.45, 7) is 4.74. The van der Waals surface area contributed by atoms with E-state index >= 15 is 0 Å². The first-order valence-electron chi connectivity index (χ1n) is 9.94. The van der Waals surface area contributed by atoms with Crippen LogP contribution in [0.4, 0.5) is 10.8 Å². The number of carbonyl (C=O) groups is 2. The highest BCUT2D eigenvalue weighted by molar-refractivity contribution is 7.16. The van der Waals surface area contributed by atoms with Crippen molar-refractivity contribution < 1.29 is 9.59 Å². The summed E-state index contributed by atoms with van der Waals surface area (Å²) in [5.74, 6) is -0.0586. The van der Waals surface area contributed by atoms with Gasteiger partial charge in [-0.1, -0.05) is 30.7 Å². The van der Waals surface area contributed by atoms with Crippen LogP contribution < -0.4 is 10.2 Å². The van der Waals surface area contributed by atoms with Crippen molar-refractivity contribution in [1.82, 2.24) is 4.98 Å². The van der Waals surface area contributed by atoms with Gasteiger partial charge in [-0.2, -0.15) is 0 Å². The van der Waals surface area contributed by atoms with Gasteiger partial charge < -0.3 is 4.90 Å². The van der Waals surface area contributed by atoms with Crippen molar-refractivity contribution in [2.75, 3.05) is 16.8 Å². The summed E-state index contributed by atoms with van der Waals surface area (Å²) in [7, 11) is 0. The van der Waals surface area contributed by atoms with E-state index in [2.05, 4.69) is 16.4 Å². The number of benzene rings is 2. The maximum Gasteiger partial charge on any atom is 0.257 e. The Balaban J connectivity index is 1.55. The van der Waals surface area contributed by atoms with Crippen LogP contribution in [0.25, 0.3) is 11.3 Å². The van der Waals surface area contributed by atoms with Gasteiger partial charge in [0.2, 0.25) is 5.91 Å². The van der Waals surface area contributed by atoms with E-state index < -0.39 is 0 Å². The second-order valence-electron chi connectivity index (χ2n) is 7.28. The lowest BCUT2D eigenvalue weighted by Crippen LogP contribution is -2.28. The Hall–Kier alpha value is -2.70. The Labute approximate surface area is 184 Å². The van der Waals surface area contributed by atoms with Crippen LogP contribution in [0.2, 0.25) is 5.02 Å². The Bertz CT molecular complexity index is 1130. The average molecular weight is 440 g/mol. The number of fused-ring (bicyclic) bond motifs is 1. The highest BCUT2D eigenvalue weighted by Gasteiger charge is 2.25. The molecule has 0 fully saturated rings. The predicted molar refractivity (Wildman–Crippen MR) is 123 cm³/mol. The minimum absolute atomic E-state index is 0.180. The number of hydrogen-bond acceptors (Lipinski definition) is 4. The van der Waals surface area contributed by atoms with Gasteiger partial charge in [0.25, 0.3) is 5.91 Å². The van der Waals surface area contributed by atoms with Gasteiger partial charge in [-0.3, -0.25) is 14.9 Å². The third kappa shape index (κ3) is 4.11. The third-order valence-corrected chi connectivity index (χ3v) is 6.24. The molecule has 2 amide bonds. The van der Waals surface area contributed by atoms with Crippen molar-refractivity contribution >= 4 is 45.6 Å². The number of aromatic nitrogens is 1. The normalized spacial score (nSPS) is 12.7. The SMILES string of the molecule is CCCC(=O)N1CCc2cc(-c3nc(NC(=O)c4cccc(Cl)c4)sc3C)ccc21.